The number of aliphatic imine (C=N–C) groups is 1. The molecule has 1 unspecified atom stereocenters. The van der Waals surface area contributed by atoms with Crippen molar-refractivity contribution in [2.45, 2.75) is 64.5 Å². The maximum Gasteiger partial charge on any atom is 0.191 e. The molecular weight excluding hydrogens is 437 g/mol. The second-order valence-electron chi connectivity index (χ2n) is 7.38. The van der Waals surface area contributed by atoms with Crippen LogP contribution >= 0.6 is 24.0 Å². The average Bonchev–Trinajstić information content (AvgIpc) is 3.28. The molecular formula is C20H34IN5. The minimum atomic E-state index is 0. The summed E-state index contributed by atoms with van der Waals surface area (Å²) >= 11 is 0. The number of nitrogens with one attached hydrogen (secondary N) is 2. The van der Waals surface area contributed by atoms with Crippen molar-refractivity contribution < 1.29 is 0 Å². The first-order valence-corrected chi connectivity index (χ1v) is 9.95. The third-order valence-corrected chi connectivity index (χ3v) is 5.39. The number of aryl methyl sites for hydroxylation is 1. The zero-order valence-electron chi connectivity index (χ0n) is 16.2. The number of likely N-dealkylation sites (tertiary alicyclic amines) is 1. The summed E-state index contributed by atoms with van der Waals surface area (Å²) in [5.74, 6) is 0.959. The SMILES string of the molecule is CCNC(=NCCc1ccc(C)nc1)NC1CCN(C2CCCC2)C1.I. The number of aromatic nitrogens is 1. The molecule has 3 rings (SSSR count). The van der Waals surface area contributed by atoms with Crippen LogP contribution in [-0.4, -0.2) is 54.1 Å². The van der Waals surface area contributed by atoms with E-state index in [1.54, 1.807) is 0 Å². The van der Waals surface area contributed by atoms with Gasteiger partial charge in [-0.3, -0.25) is 14.9 Å². The third kappa shape index (κ3) is 6.37. The van der Waals surface area contributed by atoms with Gasteiger partial charge < -0.3 is 10.6 Å². The Kier molecular flexibility index (Phi) is 9.11. The molecule has 1 aromatic rings. The monoisotopic (exact) mass is 471 g/mol. The summed E-state index contributed by atoms with van der Waals surface area (Å²) in [4.78, 5) is 11.8. The Morgan fingerprint density at radius 1 is 1.27 bits per heavy atom. The second kappa shape index (κ2) is 11.1. The van der Waals surface area contributed by atoms with Crippen molar-refractivity contribution in [3.05, 3.63) is 29.6 Å². The van der Waals surface area contributed by atoms with Crippen LogP contribution in [-0.2, 0) is 6.42 Å². The van der Waals surface area contributed by atoms with Gasteiger partial charge in [0.25, 0.3) is 0 Å². The fourth-order valence-electron chi connectivity index (χ4n) is 3.96. The number of pyridine rings is 1. The number of hydrogen-bond donors (Lipinski definition) is 2. The van der Waals surface area contributed by atoms with Crippen LogP contribution in [0.1, 0.15) is 50.3 Å². The lowest BCUT2D eigenvalue weighted by atomic mass is 10.2. The number of nitrogens with zero attached hydrogens (tertiary/aromatic N) is 3. The second-order valence-corrected chi connectivity index (χ2v) is 7.38. The molecule has 0 radical (unpaired) electrons. The average molecular weight is 471 g/mol. The predicted molar refractivity (Wildman–Crippen MR) is 119 cm³/mol. The van der Waals surface area contributed by atoms with Crippen LogP contribution in [0.25, 0.3) is 0 Å². The van der Waals surface area contributed by atoms with Gasteiger partial charge in [-0.05, 0) is 51.2 Å². The lowest BCUT2D eigenvalue weighted by Crippen LogP contribution is -2.45. The molecule has 5 nitrogen and oxygen atoms in total. The first kappa shape index (κ1) is 21.4. The van der Waals surface area contributed by atoms with Gasteiger partial charge in [0, 0.05) is 50.2 Å². The molecule has 1 saturated heterocycles. The summed E-state index contributed by atoms with van der Waals surface area (Å²) in [5.41, 5.74) is 2.31. The normalized spacial score (nSPS) is 21.6. The van der Waals surface area contributed by atoms with Gasteiger partial charge in [-0.2, -0.15) is 0 Å². The first-order chi connectivity index (χ1) is 12.2. The van der Waals surface area contributed by atoms with Gasteiger partial charge in [-0.1, -0.05) is 18.9 Å². The zero-order chi connectivity index (χ0) is 17.5. The summed E-state index contributed by atoms with van der Waals surface area (Å²) in [6.45, 7) is 8.23. The summed E-state index contributed by atoms with van der Waals surface area (Å²) in [5, 5.41) is 7.04. The number of halogens is 1. The van der Waals surface area contributed by atoms with Crippen molar-refractivity contribution in [3.8, 4) is 0 Å². The Morgan fingerprint density at radius 3 is 2.77 bits per heavy atom. The van der Waals surface area contributed by atoms with Crippen molar-refractivity contribution in [2.75, 3.05) is 26.2 Å². The molecule has 0 aromatic carbocycles. The molecule has 2 fully saturated rings. The van der Waals surface area contributed by atoms with Crippen LogP contribution in [0.15, 0.2) is 23.3 Å². The highest BCUT2D eigenvalue weighted by Gasteiger charge is 2.30. The lowest BCUT2D eigenvalue weighted by molar-refractivity contribution is 0.242. The Morgan fingerprint density at radius 2 is 2.08 bits per heavy atom. The maximum absolute atomic E-state index is 4.77. The maximum atomic E-state index is 4.77. The standard InChI is InChI=1S/C20H33N5.HI/c1-3-21-20(22-12-10-17-9-8-16(2)23-14-17)24-18-11-13-25(15-18)19-6-4-5-7-19;/h8-9,14,18-19H,3-7,10-13,15H2,1-2H3,(H2,21,22,24);1H. The largest absolute Gasteiger partial charge is 0.357 e. The Hall–Kier alpha value is -0.890. The molecule has 1 aliphatic carbocycles. The van der Waals surface area contributed by atoms with Gasteiger partial charge in [0.1, 0.15) is 0 Å². The van der Waals surface area contributed by atoms with Crippen molar-refractivity contribution >= 4 is 29.9 Å². The quantitative estimate of drug-likeness (QED) is 0.381. The predicted octanol–water partition coefficient (Wildman–Crippen LogP) is 3.12. The minimum Gasteiger partial charge on any atom is -0.357 e. The van der Waals surface area contributed by atoms with Crippen LogP contribution in [0, 0.1) is 6.92 Å². The fraction of sp³-hybridized carbons (Fsp3) is 0.700. The van der Waals surface area contributed by atoms with E-state index in [0.29, 0.717) is 6.04 Å². The van der Waals surface area contributed by atoms with Crippen LogP contribution < -0.4 is 10.6 Å². The summed E-state index contributed by atoms with van der Waals surface area (Å²) in [6.07, 6.45) is 9.73. The number of guanidine groups is 1. The van der Waals surface area contributed by atoms with Crippen LogP contribution in [0.3, 0.4) is 0 Å². The molecule has 1 saturated carbocycles. The minimum absolute atomic E-state index is 0. The van der Waals surface area contributed by atoms with E-state index in [1.807, 2.05) is 13.1 Å². The van der Waals surface area contributed by atoms with E-state index in [9.17, 15) is 0 Å². The van der Waals surface area contributed by atoms with E-state index in [1.165, 1.54) is 44.2 Å². The molecule has 2 N–H and O–H groups in total. The molecule has 2 aliphatic rings. The van der Waals surface area contributed by atoms with E-state index < -0.39 is 0 Å². The molecule has 26 heavy (non-hydrogen) atoms. The number of hydrogen-bond acceptors (Lipinski definition) is 3. The van der Waals surface area contributed by atoms with Gasteiger partial charge in [0.15, 0.2) is 5.96 Å². The molecule has 0 amide bonds. The smallest absolute Gasteiger partial charge is 0.191 e. The molecule has 1 aliphatic heterocycles. The highest BCUT2D eigenvalue weighted by molar-refractivity contribution is 14.0. The van der Waals surface area contributed by atoms with E-state index in [2.05, 4.69) is 39.6 Å². The van der Waals surface area contributed by atoms with Crippen molar-refractivity contribution in [3.63, 3.8) is 0 Å². The van der Waals surface area contributed by atoms with E-state index in [-0.39, 0.29) is 24.0 Å². The Labute approximate surface area is 175 Å². The molecule has 2 heterocycles. The van der Waals surface area contributed by atoms with Crippen LogP contribution in [0.5, 0.6) is 0 Å². The summed E-state index contributed by atoms with van der Waals surface area (Å²) in [6, 6.07) is 5.58. The summed E-state index contributed by atoms with van der Waals surface area (Å²) in [7, 11) is 0. The Balaban J connectivity index is 0.00000243. The zero-order valence-corrected chi connectivity index (χ0v) is 18.5. The molecule has 1 aromatic heterocycles. The molecule has 0 spiro atoms. The Bertz CT molecular complexity index is 554. The summed E-state index contributed by atoms with van der Waals surface area (Å²) < 4.78 is 0. The highest BCUT2D eigenvalue weighted by atomic mass is 127. The van der Waals surface area contributed by atoms with E-state index >= 15 is 0 Å². The number of rotatable bonds is 6. The topological polar surface area (TPSA) is 52.6 Å². The van der Waals surface area contributed by atoms with Crippen LogP contribution in [0.4, 0.5) is 0 Å². The van der Waals surface area contributed by atoms with Gasteiger partial charge in [0.05, 0.1) is 0 Å². The van der Waals surface area contributed by atoms with Crippen LogP contribution in [0.2, 0.25) is 0 Å². The fourth-order valence-corrected chi connectivity index (χ4v) is 3.96. The molecule has 146 valence electrons. The van der Waals surface area contributed by atoms with Gasteiger partial charge >= 0.3 is 0 Å². The molecule has 6 heteroatoms. The lowest BCUT2D eigenvalue weighted by Gasteiger charge is -2.24. The van der Waals surface area contributed by atoms with Crippen molar-refractivity contribution in [1.82, 2.24) is 20.5 Å². The van der Waals surface area contributed by atoms with E-state index in [0.717, 1.165) is 43.8 Å². The van der Waals surface area contributed by atoms with Crippen molar-refractivity contribution in [1.29, 1.82) is 0 Å². The molecule has 1 atom stereocenters. The molecule has 0 bridgehead atoms. The van der Waals surface area contributed by atoms with E-state index in [4.69, 9.17) is 4.99 Å². The third-order valence-electron chi connectivity index (χ3n) is 5.39. The highest BCUT2D eigenvalue weighted by Crippen LogP contribution is 2.26. The van der Waals surface area contributed by atoms with Gasteiger partial charge in [-0.25, -0.2) is 0 Å². The van der Waals surface area contributed by atoms with Gasteiger partial charge in [0.2, 0.25) is 0 Å². The first-order valence-electron chi connectivity index (χ1n) is 9.95. The van der Waals surface area contributed by atoms with Gasteiger partial charge in [-0.15, -0.1) is 24.0 Å². The van der Waals surface area contributed by atoms with Crippen molar-refractivity contribution in [2.24, 2.45) is 4.99 Å².